The largest absolute Gasteiger partial charge is 0.480 e. The van der Waals surface area contributed by atoms with Gasteiger partial charge in [-0.2, -0.15) is 17.9 Å². The van der Waals surface area contributed by atoms with Crippen LogP contribution in [-0.4, -0.2) is 36.6 Å². The van der Waals surface area contributed by atoms with E-state index >= 15 is 0 Å². The lowest BCUT2D eigenvalue weighted by Crippen LogP contribution is -2.31. The summed E-state index contributed by atoms with van der Waals surface area (Å²) in [6, 6.07) is 15.5. The van der Waals surface area contributed by atoms with Crippen LogP contribution in [0, 0.1) is 0 Å². The second kappa shape index (κ2) is 12.2. The summed E-state index contributed by atoms with van der Waals surface area (Å²) in [4.78, 5) is 21.5. The topological polar surface area (TPSA) is 93.3 Å². The molecule has 0 unspecified atom stereocenters. The lowest BCUT2D eigenvalue weighted by molar-refractivity contribution is -0.189. The van der Waals surface area contributed by atoms with Crippen LogP contribution in [0.2, 0.25) is 5.02 Å². The Balaban J connectivity index is 1.57. The molecule has 5 rings (SSSR count). The molecule has 0 aliphatic heterocycles. The van der Waals surface area contributed by atoms with Crippen molar-refractivity contribution in [1.82, 2.24) is 24.3 Å². The first-order valence-corrected chi connectivity index (χ1v) is 13.3. The van der Waals surface area contributed by atoms with Crippen LogP contribution in [0.3, 0.4) is 0 Å². The van der Waals surface area contributed by atoms with E-state index < -0.39 is 18.0 Å². The normalized spacial score (nSPS) is 12.4. The molecule has 2 aromatic carbocycles. The lowest BCUT2D eigenvalue weighted by atomic mass is 10.1. The van der Waals surface area contributed by atoms with Gasteiger partial charge in [0.1, 0.15) is 12.4 Å². The highest BCUT2D eigenvalue weighted by Gasteiger charge is 2.38. The third-order valence-electron chi connectivity index (χ3n) is 6.33. The predicted molar refractivity (Wildman–Crippen MR) is 149 cm³/mol. The SMILES string of the molecule is CCn1c(COCc2ccccc2)nn(-c2cc(O[C@@H](C)C(F)(F)F)c3c(Oc4cnccc4Cl)nccc3c2)c1=O. The minimum Gasteiger partial charge on any atom is -0.480 e. The molecule has 5 aromatic rings. The highest BCUT2D eigenvalue weighted by molar-refractivity contribution is 6.32. The predicted octanol–water partition coefficient (Wildman–Crippen LogP) is 6.49. The summed E-state index contributed by atoms with van der Waals surface area (Å²) in [5, 5.41) is 5.21. The molecule has 0 radical (unpaired) electrons. The van der Waals surface area contributed by atoms with Crippen molar-refractivity contribution < 1.29 is 27.4 Å². The minimum atomic E-state index is -4.66. The molecule has 42 heavy (non-hydrogen) atoms. The van der Waals surface area contributed by atoms with Crippen molar-refractivity contribution in [2.75, 3.05) is 0 Å². The molecule has 0 aliphatic rings. The molecule has 3 aromatic heterocycles. The van der Waals surface area contributed by atoms with Crippen LogP contribution in [0.15, 0.2) is 78.0 Å². The van der Waals surface area contributed by atoms with E-state index in [1.807, 2.05) is 30.3 Å². The zero-order chi connectivity index (χ0) is 29.9. The average Bonchev–Trinajstić information content (AvgIpc) is 3.29. The molecule has 1 atom stereocenters. The van der Waals surface area contributed by atoms with Gasteiger partial charge in [0.05, 0.1) is 28.9 Å². The number of fused-ring (bicyclic) bond motifs is 1. The van der Waals surface area contributed by atoms with Gasteiger partial charge in [-0.25, -0.2) is 9.78 Å². The Morgan fingerprint density at radius 2 is 1.81 bits per heavy atom. The fourth-order valence-corrected chi connectivity index (χ4v) is 4.33. The van der Waals surface area contributed by atoms with Gasteiger partial charge in [0.2, 0.25) is 5.88 Å². The Kier molecular flexibility index (Phi) is 8.46. The molecular weight excluding hydrogens is 575 g/mol. The Bertz CT molecular complexity index is 1760. The number of rotatable bonds is 10. The molecule has 9 nitrogen and oxygen atoms in total. The smallest absolute Gasteiger partial charge is 0.425 e. The number of halogens is 4. The number of hydrogen-bond donors (Lipinski definition) is 0. The molecule has 0 spiro atoms. The summed E-state index contributed by atoms with van der Waals surface area (Å²) >= 11 is 6.20. The van der Waals surface area contributed by atoms with Crippen LogP contribution in [-0.2, 0) is 24.5 Å². The van der Waals surface area contributed by atoms with E-state index in [2.05, 4.69) is 15.1 Å². The zero-order valence-corrected chi connectivity index (χ0v) is 23.3. The van der Waals surface area contributed by atoms with Crippen molar-refractivity contribution in [1.29, 1.82) is 0 Å². The van der Waals surface area contributed by atoms with Crippen LogP contribution >= 0.6 is 11.6 Å². The minimum absolute atomic E-state index is 0.0425. The van der Waals surface area contributed by atoms with Crippen LogP contribution in [0.1, 0.15) is 25.2 Å². The highest BCUT2D eigenvalue weighted by Crippen LogP contribution is 2.39. The van der Waals surface area contributed by atoms with Crippen molar-refractivity contribution in [3.8, 4) is 23.1 Å². The Hall–Kier alpha value is -4.42. The van der Waals surface area contributed by atoms with Crippen LogP contribution in [0.25, 0.3) is 16.5 Å². The fourth-order valence-electron chi connectivity index (χ4n) is 4.19. The van der Waals surface area contributed by atoms with Gasteiger partial charge in [-0.3, -0.25) is 9.55 Å². The second-order valence-corrected chi connectivity index (χ2v) is 9.61. The Morgan fingerprint density at radius 3 is 2.52 bits per heavy atom. The highest BCUT2D eigenvalue weighted by atomic mass is 35.5. The maximum absolute atomic E-state index is 13.6. The molecule has 0 aliphatic carbocycles. The van der Waals surface area contributed by atoms with E-state index in [4.69, 9.17) is 25.8 Å². The molecule has 218 valence electrons. The number of ether oxygens (including phenoxy) is 3. The van der Waals surface area contributed by atoms with Gasteiger partial charge in [-0.1, -0.05) is 41.9 Å². The third-order valence-corrected chi connectivity index (χ3v) is 6.64. The lowest BCUT2D eigenvalue weighted by Gasteiger charge is -2.20. The van der Waals surface area contributed by atoms with Crippen molar-refractivity contribution >= 4 is 22.4 Å². The quantitative estimate of drug-likeness (QED) is 0.181. The summed E-state index contributed by atoms with van der Waals surface area (Å²) < 4.78 is 60.3. The van der Waals surface area contributed by atoms with Crippen molar-refractivity contribution in [2.24, 2.45) is 0 Å². The standard InChI is InChI=1S/C29H25ClF3N5O4/c1-3-37-25(17-40-16-19-7-5-4-6-8-19)36-38(28(37)39)21-13-20-9-12-35-27(42-24-15-34-11-10-22(24)30)26(20)23(14-21)41-18(2)29(31,32)33/h4-15,18H,3,16-17H2,1-2H3/t18-/m0/s1. The van der Waals surface area contributed by atoms with E-state index in [-0.39, 0.29) is 40.1 Å². The van der Waals surface area contributed by atoms with Gasteiger partial charge in [-0.15, -0.1) is 5.10 Å². The van der Waals surface area contributed by atoms with E-state index in [1.165, 1.54) is 35.3 Å². The summed E-state index contributed by atoms with van der Waals surface area (Å²) in [5.41, 5.74) is 0.652. The van der Waals surface area contributed by atoms with Gasteiger partial charge >= 0.3 is 11.9 Å². The number of hydrogen-bond acceptors (Lipinski definition) is 7. The summed E-state index contributed by atoms with van der Waals surface area (Å²) in [6.45, 7) is 3.32. The van der Waals surface area contributed by atoms with Crippen LogP contribution in [0.5, 0.6) is 17.4 Å². The molecule has 0 saturated heterocycles. The first-order valence-electron chi connectivity index (χ1n) is 12.9. The maximum Gasteiger partial charge on any atom is 0.425 e. The van der Waals surface area contributed by atoms with E-state index in [0.29, 0.717) is 24.4 Å². The van der Waals surface area contributed by atoms with E-state index in [9.17, 15) is 18.0 Å². The molecule has 0 amide bonds. The average molecular weight is 600 g/mol. The molecule has 0 N–H and O–H groups in total. The first kappa shape index (κ1) is 29.1. The van der Waals surface area contributed by atoms with Crippen molar-refractivity contribution in [2.45, 2.75) is 45.9 Å². The Morgan fingerprint density at radius 1 is 1.02 bits per heavy atom. The van der Waals surface area contributed by atoms with Crippen LogP contribution < -0.4 is 15.2 Å². The summed E-state index contributed by atoms with van der Waals surface area (Å²) in [5.74, 6) is 0.237. The number of aromatic nitrogens is 5. The second-order valence-electron chi connectivity index (χ2n) is 9.20. The molecule has 0 fully saturated rings. The molecular formula is C29H25ClF3N5O4. The molecule has 0 bridgehead atoms. The third kappa shape index (κ3) is 6.24. The van der Waals surface area contributed by atoms with Gasteiger partial charge in [0.25, 0.3) is 0 Å². The monoisotopic (exact) mass is 599 g/mol. The Labute approximate surface area is 243 Å². The first-order chi connectivity index (χ1) is 20.2. The number of benzene rings is 2. The molecule has 0 saturated carbocycles. The van der Waals surface area contributed by atoms with Gasteiger partial charge in [-0.05, 0) is 43.0 Å². The number of nitrogens with zero attached hydrogens (tertiary/aromatic N) is 5. The summed E-state index contributed by atoms with van der Waals surface area (Å²) in [6.07, 6.45) is -2.61. The molecule has 3 heterocycles. The van der Waals surface area contributed by atoms with Crippen LogP contribution in [0.4, 0.5) is 13.2 Å². The van der Waals surface area contributed by atoms with Gasteiger partial charge in [0, 0.05) is 25.0 Å². The zero-order valence-electron chi connectivity index (χ0n) is 22.5. The number of alkyl halides is 3. The van der Waals surface area contributed by atoms with Crippen molar-refractivity contribution in [3.05, 3.63) is 100 Å². The fraction of sp³-hybridized carbons (Fsp3) is 0.241. The van der Waals surface area contributed by atoms with E-state index in [1.54, 1.807) is 19.1 Å². The van der Waals surface area contributed by atoms with E-state index in [0.717, 1.165) is 17.2 Å². The van der Waals surface area contributed by atoms with Crippen molar-refractivity contribution in [3.63, 3.8) is 0 Å². The molecule has 13 heteroatoms. The van der Waals surface area contributed by atoms with Gasteiger partial charge in [0.15, 0.2) is 17.7 Å². The number of pyridine rings is 2. The summed E-state index contributed by atoms with van der Waals surface area (Å²) in [7, 11) is 0. The maximum atomic E-state index is 13.6. The van der Waals surface area contributed by atoms with Gasteiger partial charge < -0.3 is 14.2 Å².